The van der Waals surface area contributed by atoms with Crippen LogP contribution in [0.2, 0.25) is 0 Å². The van der Waals surface area contributed by atoms with Crippen LogP contribution in [0.25, 0.3) is 10.1 Å². The van der Waals surface area contributed by atoms with E-state index < -0.39 is 0 Å². The predicted molar refractivity (Wildman–Crippen MR) is 81.9 cm³/mol. The molecule has 0 aliphatic heterocycles. The highest BCUT2D eigenvalue weighted by molar-refractivity contribution is 7.17. The van der Waals surface area contributed by atoms with E-state index in [0.717, 1.165) is 4.88 Å². The summed E-state index contributed by atoms with van der Waals surface area (Å²) in [5.41, 5.74) is 1.22. The molecular weight excluding hydrogens is 274 g/mol. The van der Waals surface area contributed by atoms with Crippen molar-refractivity contribution in [3.63, 3.8) is 0 Å². The zero-order valence-corrected chi connectivity index (χ0v) is 12.1. The molecule has 0 saturated carbocycles. The zero-order chi connectivity index (χ0) is 13.2. The molecule has 0 radical (unpaired) electrons. The van der Waals surface area contributed by atoms with Crippen LogP contribution in [-0.4, -0.2) is 17.9 Å². The smallest absolute Gasteiger partial charge is 0.263 e. The molecule has 2 aromatic heterocycles. The third kappa shape index (κ3) is 2.41. The minimum atomic E-state index is 0.0882. The van der Waals surface area contributed by atoms with Crippen molar-refractivity contribution in [1.82, 2.24) is 4.90 Å². The molecule has 1 aromatic carbocycles. The molecule has 2 heterocycles. The Labute approximate surface area is 119 Å². The van der Waals surface area contributed by atoms with Crippen molar-refractivity contribution >= 4 is 38.7 Å². The first-order chi connectivity index (χ1) is 9.25. The number of amides is 1. The highest BCUT2D eigenvalue weighted by Crippen LogP contribution is 2.26. The summed E-state index contributed by atoms with van der Waals surface area (Å²) in [4.78, 5) is 14.8. The lowest BCUT2D eigenvalue weighted by Gasteiger charge is -2.15. The van der Waals surface area contributed by atoms with Gasteiger partial charge in [-0.05, 0) is 33.8 Å². The van der Waals surface area contributed by atoms with Gasteiger partial charge in [0.1, 0.15) is 0 Å². The molecule has 19 heavy (non-hydrogen) atoms. The van der Waals surface area contributed by atoms with Gasteiger partial charge in [0.05, 0.1) is 4.88 Å². The van der Waals surface area contributed by atoms with Gasteiger partial charge in [-0.25, -0.2) is 0 Å². The van der Waals surface area contributed by atoms with Crippen molar-refractivity contribution in [2.24, 2.45) is 0 Å². The molecule has 96 valence electrons. The van der Waals surface area contributed by atoms with E-state index in [-0.39, 0.29) is 5.91 Å². The number of nitrogens with zero attached hydrogens (tertiary/aromatic N) is 1. The second kappa shape index (κ2) is 5.15. The number of carbonyl (C=O) groups excluding carboxylic acids is 1. The van der Waals surface area contributed by atoms with Gasteiger partial charge in [0.15, 0.2) is 0 Å². The Morgan fingerprint density at radius 3 is 2.79 bits per heavy atom. The average molecular weight is 287 g/mol. The van der Waals surface area contributed by atoms with E-state index in [1.807, 2.05) is 36.7 Å². The first-order valence-corrected chi connectivity index (χ1v) is 7.76. The normalized spacial score (nSPS) is 10.8. The average Bonchev–Trinajstić information content (AvgIpc) is 3.08. The lowest BCUT2D eigenvalue weighted by molar-refractivity contribution is 0.0790. The number of hydrogen-bond donors (Lipinski definition) is 0. The standard InChI is InChI=1S/C15H13NOS2/c1-16(15(17)14-7-4-8-18-14)9-11-10-19-13-6-3-2-5-12(11)13/h2-8,10H,9H2,1H3. The van der Waals surface area contributed by atoms with Crippen molar-refractivity contribution in [2.45, 2.75) is 6.54 Å². The van der Waals surface area contributed by atoms with E-state index in [2.05, 4.69) is 17.5 Å². The molecule has 0 N–H and O–H groups in total. The van der Waals surface area contributed by atoms with Crippen LogP contribution >= 0.6 is 22.7 Å². The molecule has 3 aromatic rings. The molecule has 0 saturated heterocycles. The number of carbonyl (C=O) groups is 1. The fourth-order valence-electron chi connectivity index (χ4n) is 2.07. The Morgan fingerprint density at radius 1 is 1.16 bits per heavy atom. The monoisotopic (exact) mass is 287 g/mol. The van der Waals surface area contributed by atoms with E-state index in [1.165, 1.54) is 27.0 Å². The summed E-state index contributed by atoms with van der Waals surface area (Å²) in [5.74, 6) is 0.0882. The van der Waals surface area contributed by atoms with Gasteiger partial charge >= 0.3 is 0 Å². The van der Waals surface area contributed by atoms with Gasteiger partial charge in [-0.15, -0.1) is 22.7 Å². The Bertz CT molecular complexity index is 700. The van der Waals surface area contributed by atoms with Crippen LogP contribution in [0.15, 0.2) is 47.2 Å². The quantitative estimate of drug-likeness (QED) is 0.705. The molecule has 2 nitrogen and oxygen atoms in total. The van der Waals surface area contributed by atoms with Crippen molar-refractivity contribution in [1.29, 1.82) is 0 Å². The number of hydrogen-bond acceptors (Lipinski definition) is 3. The van der Waals surface area contributed by atoms with Crippen LogP contribution in [0.3, 0.4) is 0 Å². The predicted octanol–water partition coefficient (Wildman–Crippen LogP) is 4.24. The Hall–Kier alpha value is -1.65. The third-order valence-corrected chi connectivity index (χ3v) is 4.92. The first kappa shape index (κ1) is 12.4. The maximum Gasteiger partial charge on any atom is 0.263 e. The molecule has 1 amide bonds. The summed E-state index contributed by atoms with van der Waals surface area (Å²) in [6.07, 6.45) is 0. The Balaban J connectivity index is 1.83. The van der Waals surface area contributed by atoms with Gasteiger partial charge in [-0.3, -0.25) is 4.79 Å². The second-order valence-electron chi connectivity index (χ2n) is 4.40. The maximum atomic E-state index is 12.2. The summed E-state index contributed by atoms with van der Waals surface area (Å²) in [6.45, 7) is 0.654. The van der Waals surface area contributed by atoms with E-state index in [9.17, 15) is 4.79 Å². The van der Waals surface area contributed by atoms with E-state index in [1.54, 1.807) is 16.2 Å². The van der Waals surface area contributed by atoms with Crippen LogP contribution in [-0.2, 0) is 6.54 Å². The fourth-order valence-corrected chi connectivity index (χ4v) is 3.74. The fraction of sp³-hybridized carbons (Fsp3) is 0.133. The number of fused-ring (bicyclic) bond motifs is 1. The topological polar surface area (TPSA) is 20.3 Å². The van der Waals surface area contributed by atoms with Gasteiger partial charge in [-0.2, -0.15) is 0 Å². The second-order valence-corrected chi connectivity index (χ2v) is 6.25. The van der Waals surface area contributed by atoms with Gasteiger partial charge < -0.3 is 4.90 Å². The summed E-state index contributed by atoms with van der Waals surface area (Å²) < 4.78 is 1.27. The van der Waals surface area contributed by atoms with Crippen molar-refractivity contribution < 1.29 is 4.79 Å². The van der Waals surface area contributed by atoms with Crippen LogP contribution in [0.5, 0.6) is 0 Å². The van der Waals surface area contributed by atoms with E-state index >= 15 is 0 Å². The molecule has 0 bridgehead atoms. The highest BCUT2D eigenvalue weighted by Gasteiger charge is 2.14. The third-order valence-electron chi connectivity index (χ3n) is 3.05. The van der Waals surface area contributed by atoms with Crippen molar-refractivity contribution in [2.75, 3.05) is 7.05 Å². The van der Waals surface area contributed by atoms with Gasteiger partial charge in [-0.1, -0.05) is 24.3 Å². The molecule has 4 heteroatoms. The van der Waals surface area contributed by atoms with Gasteiger partial charge in [0.2, 0.25) is 0 Å². The lowest BCUT2D eigenvalue weighted by atomic mass is 10.1. The van der Waals surface area contributed by atoms with Crippen LogP contribution in [0, 0.1) is 0 Å². The van der Waals surface area contributed by atoms with Crippen LogP contribution < -0.4 is 0 Å². The Morgan fingerprint density at radius 2 is 2.00 bits per heavy atom. The van der Waals surface area contributed by atoms with Crippen LogP contribution in [0.1, 0.15) is 15.2 Å². The summed E-state index contributed by atoms with van der Waals surface area (Å²) in [7, 11) is 1.86. The molecule has 0 atom stereocenters. The maximum absolute atomic E-state index is 12.2. The van der Waals surface area contributed by atoms with Crippen molar-refractivity contribution in [3.05, 3.63) is 57.6 Å². The number of benzene rings is 1. The number of thiophene rings is 2. The number of rotatable bonds is 3. The van der Waals surface area contributed by atoms with Gasteiger partial charge in [0, 0.05) is 18.3 Å². The zero-order valence-electron chi connectivity index (χ0n) is 10.5. The first-order valence-electron chi connectivity index (χ1n) is 6.00. The van der Waals surface area contributed by atoms with E-state index in [0.29, 0.717) is 6.54 Å². The largest absolute Gasteiger partial charge is 0.337 e. The molecule has 0 unspecified atom stereocenters. The minimum absolute atomic E-state index is 0.0882. The molecule has 0 fully saturated rings. The van der Waals surface area contributed by atoms with Gasteiger partial charge in [0.25, 0.3) is 5.91 Å². The highest BCUT2D eigenvalue weighted by atomic mass is 32.1. The molecule has 0 aliphatic rings. The molecule has 0 aliphatic carbocycles. The van der Waals surface area contributed by atoms with E-state index in [4.69, 9.17) is 0 Å². The molecule has 0 spiro atoms. The molecule has 3 rings (SSSR count). The van der Waals surface area contributed by atoms with Crippen molar-refractivity contribution in [3.8, 4) is 0 Å². The SMILES string of the molecule is CN(Cc1csc2ccccc12)C(=O)c1cccs1. The van der Waals surface area contributed by atoms with Crippen LogP contribution in [0.4, 0.5) is 0 Å². The summed E-state index contributed by atoms with van der Waals surface area (Å²) >= 11 is 3.22. The molecular formula is C15H13NOS2. The Kier molecular flexibility index (Phi) is 3.36. The minimum Gasteiger partial charge on any atom is -0.337 e. The summed E-state index contributed by atoms with van der Waals surface area (Å²) in [5, 5.41) is 5.32. The summed E-state index contributed by atoms with van der Waals surface area (Å²) in [6, 6.07) is 12.1. The lowest BCUT2D eigenvalue weighted by Crippen LogP contribution is -2.25.